The third-order valence-electron chi connectivity index (χ3n) is 1.83. The maximum atomic E-state index is 11.5. The highest BCUT2D eigenvalue weighted by molar-refractivity contribution is 5.98. The molecule has 0 aliphatic rings. The molecule has 1 heterocycles. The normalized spacial score (nSPS) is 9.56. The summed E-state index contributed by atoms with van der Waals surface area (Å²) in [5.74, 6) is -0.994. The molecule has 2 amide bonds. The van der Waals surface area contributed by atoms with E-state index in [2.05, 4.69) is 15.6 Å². The van der Waals surface area contributed by atoms with Crippen molar-refractivity contribution >= 4 is 11.8 Å². The predicted octanol–water partition coefficient (Wildman–Crippen LogP) is -0.347. The lowest BCUT2D eigenvalue weighted by Gasteiger charge is -2.06. The lowest BCUT2D eigenvalue weighted by molar-refractivity contribution is -0.120. The summed E-state index contributed by atoms with van der Waals surface area (Å²) < 4.78 is 0. The highest BCUT2D eigenvalue weighted by Gasteiger charge is 2.11. The van der Waals surface area contributed by atoms with Gasteiger partial charge in [0.1, 0.15) is 5.75 Å². The number of hydrogen-bond donors (Lipinski definition) is 3. The third kappa shape index (κ3) is 3.23. The molecule has 0 radical (unpaired) electrons. The van der Waals surface area contributed by atoms with E-state index in [1.165, 1.54) is 18.5 Å². The SMILES string of the molecule is CCNC(=O)CNC(=O)c1ccncc1O. The maximum Gasteiger partial charge on any atom is 0.255 e. The summed E-state index contributed by atoms with van der Waals surface area (Å²) in [5, 5.41) is 14.2. The van der Waals surface area contributed by atoms with Crippen molar-refractivity contribution < 1.29 is 14.7 Å². The first kappa shape index (κ1) is 12.0. The van der Waals surface area contributed by atoms with E-state index < -0.39 is 5.91 Å². The zero-order valence-electron chi connectivity index (χ0n) is 8.86. The van der Waals surface area contributed by atoms with Crippen molar-refractivity contribution in [2.45, 2.75) is 6.92 Å². The molecule has 0 spiro atoms. The Labute approximate surface area is 92.7 Å². The number of pyridine rings is 1. The maximum absolute atomic E-state index is 11.5. The molecule has 0 aliphatic heterocycles. The van der Waals surface area contributed by atoms with Crippen molar-refractivity contribution in [2.24, 2.45) is 0 Å². The van der Waals surface area contributed by atoms with Gasteiger partial charge < -0.3 is 15.7 Å². The van der Waals surface area contributed by atoms with Gasteiger partial charge in [-0.2, -0.15) is 0 Å². The van der Waals surface area contributed by atoms with Crippen LogP contribution in [0.3, 0.4) is 0 Å². The summed E-state index contributed by atoms with van der Waals surface area (Å²) in [6.07, 6.45) is 2.56. The van der Waals surface area contributed by atoms with Crippen molar-refractivity contribution in [3.63, 3.8) is 0 Å². The second kappa shape index (κ2) is 5.69. The number of hydrogen-bond acceptors (Lipinski definition) is 4. The number of nitrogens with one attached hydrogen (secondary N) is 2. The predicted molar refractivity (Wildman–Crippen MR) is 56.9 cm³/mol. The highest BCUT2D eigenvalue weighted by atomic mass is 16.3. The summed E-state index contributed by atoms with van der Waals surface area (Å²) in [4.78, 5) is 26.2. The van der Waals surface area contributed by atoms with Gasteiger partial charge in [0.25, 0.3) is 5.91 Å². The number of nitrogens with zero attached hydrogens (tertiary/aromatic N) is 1. The summed E-state index contributed by atoms with van der Waals surface area (Å²) in [5.41, 5.74) is 0.0966. The monoisotopic (exact) mass is 223 g/mol. The van der Waals surface area contributed by atoms with E-state index >= 15 is 0 Å². The van der Waals surface area contributed by atoms with E-state index in [4.69, 9.17) is 0 Å². The quantitative estimate of drug-likeness (QED) is 0.650. The minimum atomic E-state index is -0.508. The Kier molecular flexibility index (Phi) is 4.26. The van der Waals surface area contributed by atoms with Crippen LogP contribution in [0.5, 0.6) is 5.75 Å². The average Bonchev–Trinajstić information content (AvgIpc) is 2.27. The Morgan fingerprint density at radius 3 is 2.81 bits per heavy atom. The molecule has 0 atom stereocenters. The summed E-state index contributed by atoms with van der Waals surface area (Å²) in [7, 11) is 0. The van der Waals surface area contributed by atoms with Crippen LogP contribution in [0.25, 0.3) is 0 Å². The molecule has 3 N–H and O–H groups in total. The number of likely N-dealkylation sites (N-methyl/N-ethyl adjacent to an activating group) is 1. The summed E-state index contributed by atoms with van der Waals surface area (Å²) in [6, 6.07) is 1.38. The molecule has 0 saturated carbocycles. The Morgan fingerprint density at radius 1 is 1.44 bits per heavy atom. The Bertz CT molecular complexity index is 393. The van der Waals surface area contributed by atoms with Gasteiger partial charge >= 0.3 is 0 Å². The van der Waals surface area contributed by atoms with E-state index in [9.17, 15) is 14.7 Å². The van der Waals surface area contributed by atoms with Gasteiger partial charge in [0.2, 0.25) is 5.91 Å². The molecular formula is C10H13N3O3. The smallest absolute Gasteiger partial charge is 0.255 e. The summed E-state index contributed by atoms with van der Waals surface area (Å²) >= 11 is 0. The molecular weight excluding hydrogens is 210 g/mol. The zero-order chi connectivity index (χ0) is 12.0. The van der Waals surface area contributed by atoms with Gasteiger partial charge in [-0.15, -0.1) is 0 Å². The highest BCUT2D eigenvalue weighted by Crippen LogP contribution is 2.12. The summed E-state index contributed by atoms with van der Waals surface area (Å²) in [6.45, 7) is 2.18. The van der Waals surface area contributed by atoms with Crippen LogP contribution >= 0.6 is 0 Å². The van der Waals surface area contributed by atoms with Gasteiger partial charge in [0.15, 0.2) is 0 Å². The fourth-order valence-corrected chi connectivity index (χ4v) is 1.09. The molecule has 1 rings (SSSR count). The Morgan fingerprint density at radius 2 is 2.19 bits per heavy atom. The van der Waals surface area contributed by atoms with Gasteiger partial charge in [-0.25, -0.2) is 0 Å². The first-order valence-corrected chi connectivity index (χ1v) is 4.83. The van der Waals surface area contributed by atoms with E-state index in [1.54, 1.807) is 6.92 Å². The zero-order valence-corrected chi connectivity index (χ0v) is 8.86. The fraction of sp³-hybridized carbons (Fsp3) is 0.300. The van der Waals surface area contributed by atoms with E-state index in [0.29, 0.717) is 6.54 Å². The fourth-order valence-electron chi connectivity index (χ4n) is 1.09. The van der Waals surface area contributed by atoms with Crippen molar-refractivity contribution in [1.82, 2.24) is 15.6 Å². The van der Waals surface area contributed by atoms with E-state index in [0.717, 1.165) is 0 Å². The first-order chi connectivity index (χ1) is 7.65. The number of carbonyl (C=O) groups is 2. The van der Waals surface area contributed by atoms with Gasteiger partial charge in [-0.1, -0.05) is 0 Å². The largest absolute Gasteiger partial charge is 0.505 e. The number of amides is 2. The Balaban J connectivity index is 2.54. The van der Waals surface area contributed by atoms with Gasteiger partial charge in [0, 0.05) is 12.7 Å². The second-order valence-electron chi connectivity index (χ2n) is 3.03. The van der Waals surface area contributed by atoms with Crippen molar-refractivity contribution in [2.75, 3.05) is 13.1 Å². The van der Waals surface area contributed by atoms with Crippen LogP contribution in [0.1, 0.15) is 17.3 Å². The molecule has 16 heavy (non-hydrogen) atoms. The average molecular weight is 223 g/mol. The van der Waals surface area contributed by atoms with E-state index in [1.807, 2.05) is 0 Å². The van der Waals surface area contributed by atoms with Crippen LogP contribution in [-0.2, 0) is 4.79 Å². The van der Waals surface area contributed by atoms with Crippen molar-refractivity contribution in [3.05, 3.63) is 24.0 Å². The molecule has 6 heteroatoms. The number of aromatic hydroxyl groups is 1. The Hall–Kier alpha value is -2.11. The molecule has 1 aromatic rings. The van der Waals surface area contributed by atoms with Crippen molar-refractivity contribution in [1.29, 1.82) is 0 Å². The minimum Gasteiger partial charge on any atom is -0.505 e. The third-order valence-corrected chi connectivity index (χ3v) is 1.83. The van der Waals surface area contributed by atoms with Gasteiger partial charge in [-0.3, -0.25) is 14.6 Å². The topological polar surface area (TPSA) is 91.3 Å². The van der Waals surface area contributed by atoms with Crippen LogP contribution in [0.4, 0.5) is 0 Å². The number of carbonyl (C=O) groups excluding carboxylic acids is 2. The number of aromatic nitrogens is 1. The molecule has 6 nitrogen and oxygen atoms in total. The molecule has 0 aromatic carbocycles. The lowest BCUT2D eigenvalue weighted by atomic mass is 10.2. The molecule has 1 aromatic heterocycles. The van der Waals surface area contributed by atoms with E-state index in [-0.39, 0.29) is 23.8 Å². The molecule has 0 saturated heterocycles. The van der Waals surface area contributed by atoms with Crippen LogP contribution in [0, 0.1) is 0 Å². The van der Waals surface area contributed by atoms with Crippen LogP contribution in [0.2, 0.25) is 0 Å². The van der Waals surface area contributed by atoms with Crippen LogP contribution in [0.15, 0.2) is 18.5 Å². The molecule has 0 aliphatic carbocycles. The van der Waals surface area contributed by atoms with Crippen molar-refractivity contribution in [3.8, 4) is 5.75 Å². The minimum absolute atomic E-state index is 0.0966. The van der Waals surface area contributed by atoms with Crippen LogP contribution < -0.4 is 10.6 Å². The van der Waals surface area contributed by atoms with Crippen LogP contribution in [-0.4, -0.2) is 35.0 Å². The standard InChI is InChI=1S/C10H13N3O3/c1-2-12-9(15)6-13-10(16)7-3-4-11-5-8(7)14/h3-5,14H,2,6H2,1H3,(H,12,15)(H,13,16). The first-order valence-electron chi connectivity index (χ1n) is 4.83. The second-order valence-corrected chi connectivity index (χ2v) is 3.03. The lowest BCUT2D eigenvalue weighted by Crippen LogP contribution is -2.36. The molecule has 86 valence electrons. The molecule has 0 bridgehead atoms. The van der Waals surface area contributed by atoms with Gasteiger partial charge in [0.05, 0.1) is 18.3 Å². The number of rotatable bonds is 4. The molecule has 0 unspecified atom stereocenters. The van der Waals surface area contributed by atoms with Gasteiger partial charge in [-0.05, 0) is 13.0 Å². The molecule has 0 fully saturated rings.